The van der Waals surface area contributed by atoms with E-state index >= 15 is 0 Å². The second-order valence-corrected chi connectivity index (χ2v) is 6.08. The van der Waals surface area contributed by atoms with Crippen LogP contribution in [0.25, 0.3) is 11.6 Å². The number of carbonyl (C=O) groups is 1. The van der Waals surface area contributed by atoms with Gasteiger partial charge in [0, 0.05) is 17.7 Å². The van der Waals surface area contributed by atoms with E-state index in [0.29, 0.717) is 5.76 Å². The number of hydrogen-bond acceptors (Lipinski definition) is 7. The number of nitro benzene ring substituents is 1. The Hall–Kier alpha value is -3.49. The molecule has 27 heavy (non-hydrogen) atoms. The van der Waals surface area contributed by atoms with Crippen LogP contribution in [-0.4, -0.2) is 21.0 Å². The summed E-state index contributed by atoms with van der Waals surface area (Å²) in [6, 6.07) is 8.40. The van der Waals surface area contributed by atoms with E-state index in [2.05, 4.69) is 15.5 Å². The number of nitro groups is 1. The molecule has 0 aliphatic heterocycles. The van der Waals surface area contributed by atoms with Gasteiger partial charge in [-0.3, -0.25) is 14.9 Å². The maximum absolute atomic E-state index is 12.6. The van der Waals surface area contributed by atoms with Crippen LogP contribution in [0, 0.1) is 16.0 Å². The third-order valence-corrected chi connectivity index (χ3v) is 4.27. The maximum Gasteiger partial charge on any atom is 0.270 e. The van der Waals surface area contributed by atoms with Gasteiger partial charge in [-0.05, 0) is 24.1 Å². The van der Waals surface area contributed by atoms with Crippen LogP contribution in [0.3, 0.4) is 0 Å². The van der Waals surface area contributed by atoms with Crippen molar-refractivity contribution >= 4 is 11.6 Å². The number of benzene rings is 1. The lowest BCUT2D eigenvalue weighted by molar-refractivity contribution is -0.384. The average molecular weight is 370 g/mol. The Bertz CT molecular complexity index is 935. The number of nitrogens with zero attached hydrogens (tertiary/aromatic N) is 3. The lowest BCUT2D eigenvalue weighted by Gasteiger charge is -2.20. The number of carbonyl (C=O) groups excluding carboxylic acids is 1. The minimum atomic E-state index is -0.545. The van der Waals surface area contributed by atoms with Gasteiger partial charge >= 0.3 is 0 Å². The largest absolute Gasteiger partial charge is 0.461 e. The second-order valence-electron chi connectivity index (χ2n) is 6.08. The Labute approximate surface area is 154 Å². The van der Waals surface area contributed by atoms with Crippen LogP contribution in [0.2, 0.25) is 0 Å². The maximum atomic E-state index is 12.6. The number of furan rings is 1. The molecule has 0 aliphatic rings. The van der Waals surface area contributed by atoms with Gasteiger partial charge in [-0.1, -0.05) is 31.5 Å². The van der Waals surface area contributed by atoms with Crippen LogP contribution < -0.4 is 5.32 Å². The standard InChI is InChI=1S/C18H18N4O5/c1-3-11(2)15(18-20-16(21-27-18)14-8-5-9-26-14)19-17(23)12-6-4-7-13(10-12)22(24)25/h4-11,15H,3H2,1-2H3,(H,19,23)/t11-,15-/m1/s1. The fraction of sp³-hybridized carbons (Fsp3) is 0.278. The van der Waals surface area contributed by atoms with Gasteiger partial charge < -0.3 is 14.3 Å². The Morgan fingerprint density at radius 1 is 1.33 bits per heavy atom. The van der Waals surface area contributed by atoms with Crippen LogP contribution in [0.4, 0.5) is 5.69 Å². The first-order valence-corrected chi connectivity index (χ1v) is 8.42. The van der Waals surface area contributed by atoms with Crippen LogP contribution in [0.5, 0.6) is 0 Å². The summed E-state index contributed by atoms with van der Waals surface area (Å²) in [5.74, 6) is 0.527. The van der Waals surface area contributed by atoms with Gasteiger partial charge in [0.2, 0.25) is 11.7 Å². The monoisotopic (exact) mass is 370 g/mol. The Morgan fingerprint density at radius 2 is 2.15 bits per heavy atom. The SMILES string of the molecule is CC[C@@H](C)[C@@H](NC(=O)c1cccc([N+](=O)[O-])c1)c1nc(-c2ccco2)no1. The Balaban J connectivity index is 1.84. The van der Waals surface area contributed by atoms with Crippen molar-refractivity contribution in [2.75, 3.05) is 0 Å². The molecule has 0 saturated carbocycles. The van der Waals surface area contributed by atoms with E-state index in [1.165, 1.54) is 30.5 Å². The summed E-state index contributed by atoms with van der Waals surface area (Å²) in [4.78, 5) is 27.3. The molecule has 0 bridgehead atoms. The zero-order valence-electron chi connectivity index (χ0n) is 14.8. The molecule has 0 aliphatic carbocycles. The molecule has 2 heterocycles. The van der Waals surface area contributed by atoms with Gasteiger partial charge in [-0.2, -0.15) is 4.98 Å². The highest BCUT2D eigenvalue weighted by Gasteiger charge is 2.27. The number of nitrogens with one attached hydrogen (secondary N) is 1. The molecular formula is C18H18N4O5. The molecule has 2 atom stereocenters. The van der Waals surface area contributed by atoms with Crippen molar-refractivity contribution in [1.82, 2.24) is 15.5 Å². The van der Waals surface area contributed by atoms with E-state index in [9.17, 15) is 14.9 Å². The minimum absolute atomic E-state index is 0.00227. The second kappa shape index (κ2) is 7.81. The fourth-order valence-corrected chi connectivity index (χ4v) is 2.54. The number of hydrogen-bond donors (Lipinski definition) is 1. The molecule has 9 heteroatoms. The number of non-ortho nitro benzene ring substituents is 1. The van der Waals surface area contributed by atoms with Gasteiger partial charge in [0.25, 0.3) is 11.6 Å². The Morgan fingerprint density at radius 3 is 2.81 bits per heavy atom. The summed E-state index contributed by atoms with van der Waals surface area (Å²) >= 11 is 0. The summed E-state index contributed by atoms with van der Waals surface area (Å²) in [6.45, 7) is 3.91. The van der Waals surface area contributed by atoms with Crippen LogP contribution in [0.15, 0.2) is 51.6 Å². The summed E-state index contributed by atoms with van der Waals surface area (Å²) in [6.07, 6.45) is 2.25. The van der Waals surface area contributed by atoms with E-state index in [4.69, 9.17) is 8.94 Å². The summed E-state index contributed by atoms with van der Waals surface area (Å²) in [5.41, 5.74) is 0.0314. The van der Waals surface area contributed by atoms with Gasteiger partial charge in [0.05, 0.1) is 11.2 Å². The number of rotatable bonds is 7. The van der Waals surface area contributed by atoms with Crippen molar-refractivity contribution in [2.45, 2.75) is 26.3 Å². The third kappa shape index (κ3) is 4.02. The molecule has 3 aromatic rings. The summed E-state index contributed by atoms with van der Waals surface area (Å²) in [7, 11) is 0. The first-order valence-electron chi connectivity index (χ1n) is 8.42. The van der Waals surface area contributed by atoms with E-state index in [1.807, 2.05) is 13.8 Å². The molecule has 1 N–H and O–H groups in total. The highest BCUT2D eigenvalue weighted by Crippen LogP contribution is 2.26. The lowest BCUT2D eigenvalue weighted by atomic mass is 9.98. The van der Waals surface area contributed by atoms with Crippen LogP contribution in [-0.2, 0) is 0 Å². The van der Waals surface area contributed by atoms with Gasteiger partial charge in [0.15, 0.2) is 5.76 Å². The Kier molecular flexibility index (Phi) is 5.30. The molecule has 3 rings (SSSR count). The van der Waals surface area contributed by atoms with Crippen LogP contribution >= 0.6 is 0 Å². The highest BCUT2D eigenvalue weighted by atomic mass is 16.6. The molecule has 140 valence electrons. The molecule has 0 radical (unpaired) electrons. The van der Waals surface area contributed by atoms with Crippen molar-refractivity contribution in [3.05, 3.63) is 64.2 Å². The quantitative estimate of drug-likeness (QED) is 0.496. The molecule has 2 aromatic heterocycles. The first-order chi connectivity index (χ1) is 13.0. The molecule has 0 unspecified atom stereocenters. The molecular weight excluding hydrogens is 352 g/mol. The highest BCUT2D eigenvalue weighted by molar-refractivity contribution is 5.95. The number of aromatic nitrogens is 2. The molecule has 1 amide bonds. The molecule has 0 spiro atoms. The summed E-state index contributed by atoms with van der Waals surface area (Å²) in [5, 5.41) is 17.7. The molecule has 0 fully saturated rings. The lowest BCUT2D eigenvalue weighted by Crippen LogP contribution is -2.32. The zero-order valence-corrected chi connectivity index (χ0v) is 14.8. The van der Waals surface area contributed by atoms with Crippen molar-refractivity contribution in [1.29, 1.82) is 0 Å². The zero-order chi connectivity index (χ0) is 19.4. The summed E-state index contributed by atoms with van der Waals surface area (Å²) < 4.78 is 10.6. The van der Waals surface area contributed by atoms with Gasteiger partial charge in [-0.25, -0.2) is 0 Å². The van der Waals surface area contributed by atoms with Crippen molar-refractivity contribution in [3.63, 3.8) is 0 Å². The minimum Gasteiger partial charge on any atom is -0.461 e. The predicted octanol–water partition coefficient (Wildman–Crippen LogP) is 3.76. The molecule has 1 aromatic carbocycles. The predicted molar refractivity (Wildman–Crippen MR) is 94.8 cm³/mol. The topological polar surface area (TPSA) is 124 Å². The van der Waals surface area contributed by atoms with E-state index in [0.717, 1.165) is 6.42 Å². The van der Waals surface area contributed by atoms with Crippen LogP contribution in [0.1, 0.15) is 42.6 Å². The molecule has 0 saturated heterocycles. The van der Waals surface area contributed by atoms with E-state index in [-0.39, 0.29) is 28.9 Å². The average Bonchev–Trinajstić information content (AvgIpc) is 3.36. The third-order valence-electron chi connectivity index (χ3n) is 4.27. The van der Waals surface area contributed by atoms with E-state index in [1.54, 1.807) is 12.1 Å². The van der Waals surface area contributed by atoms with Gasteiger partial charge in [-0.15, -0.1) is 0 Å². The van der Waals surface area contributed by atoms with Crippen molar-refractivity contribution in [2.24, 2.45) is 5.92 Å². The molecule has 9 nitrogen and oxygen atoms in total. The smallest absolute Gasteiger partial charge is 0.270 e. The van der Waals surface area contributed by atoms with E-state index < -0.39 is 16.9 Å². The fourth-order valence-electron chi connectivity index (χ4n) is 2.54. The normalized spacial score (nSPS) is 13.1. The number of amides is 1. The first kappa shape index (κ1) is 18.3. The van der Waals surface area contributed by atoms with Crippen molar-refractivity contribution < 1.29 is 18.7 Å². The van der Waals surface area contributed by atoms with Gasteiger partial charge in [0.1, 0.15) is 6.04 Å². The van der Waals surface area contributed by atoms with Crippen molar-refractivity contribution in [3.8, 4) is 11.6 Å².